The molecule has 0 aliphatic carbocycles. The number of benzene rings is 1. The largest absolute Gasteiger partial charge is 0.343 e. The van der Waals surface area contributed by atoms with Crippen molar-refractivity contribution >= 4 is 11.8 Å². The van der Waals surface area contributed by atoms with E-state index in [0.717, 1.165) is 36.2 Å². The molecular formula is C20H26N4O2. The van der Waals surface area contributed by atoms with E-state index in [9.17, 15) is 9.59 Å². The molecule has 1 aliphatic rings. The number of likely N-dealkylation sites (tertiary alicyclic amines) is 1. The smallest absolute Gasteiger partial charge is 0.253 e. The highest BCUT2D eigenvalue weighted by atomic mass is 16.2. The molecule has 6 nitrogen and oxygen atoms in total. The van der Waals surface area contributed by atoms with Crippen LogP contribution in [0.3, 0.4) is 0 Å². The lowest BCUT2D eigenvalue weighted by atomic mass is 9.99. The first kappa shape index (κ1) is 18.2. The second-order valence-corrected chi connectivity index (χ2v) is 7.24. The Kier molecular flexibility index (Phi) is 5.11. The van der Waals surface area contributed by atoms with Gasteiger partial charge >= 0.3 is 0 Å². The average molecular weight is 354 g/mol. The van der Waals surface area contributed by atoms with Crippen LogP contribution in [-0.2, 0) is 11.8 Å². The number of rotatable bonds is 4. The number of hydrogen-bond donors (Lipinski definition) is 0. The zero-order valence-electron chi connectivity index (χ0n) is 15.9. The van der Waals surface area contributed by atoms with E-state index in [4.69, 9.17) is 0 Å². The molecule has 1 saturated heterocycles. The summed E-state index contributed by atoms with van der Waals surface area (Å²) in [5, 5.41) is 4.22. The molecule has 2 amide bonds. The topological polar surface area (TPSA) is 58.4 Å². The SMILES string of the molecule is CC(=O)N1CCC(CN(C)C(=O)c2ccc(C)c(-c3cnn(C)c3)c2)C1. The third-order valence-corrected chi connectivity index (χ3v) is 5.11. The summed E-state index contributed by atoms with van der Waals surface area (Å²) in [5.41, 5.74) is 3.83. The first-order valence-corrected chi connectivity index (χ1v) is 8.96. The van der Waals surface area contributed by atoms with E-state index in [1.54, 1.807) is 16.5 Å². The molecule has 0 spiro atoms. The Bertz CT molecular complexity index is 827. The Morgan fingerprint density at radius 1 is 1.35 bits per heavy atom. The van der Waals surface area contributed by atoms with E-state index >= 15 is 0 Å². The fourth-order valence-corrected chi connectivity index (χ4v) is 3.58. The lowest BCUT2D eigenvalue weighted by Crippen LogP contribution is -2.34. The molecule has 2 aromatic rings. The normalized spacial score (nSPS) is 16.8. The third kappa shape index (κ3) is 3.79. The maximum absolute atomic E-state index is 12.9. The van der Waals surface area contributed by atoms with Crippen molar-refractivity contribution in [1.29, 1.82) is 0 Å². The van der Waals surface area contributed by atoms with E-state index in [1.807, 2.05) is 56.5 Å². The number of aryl methyl sites for hydroxylation is 2. The highest BCUT2D eigenvalue weighted by molar-refractivity contribution is 5.95. The van der Waals surface area contributed by atoms with E-state index in [0.29, 0.717) is 18.0 Å². The van der Waals surface area contributed by atoms with Gasteiger partial charge in [0.15, 0.2) is 0 Å². The van der Waals surface area contributed by atoms with Gasteiger partial charge in [-0.3, -0.25) is 14.3 Å². The van der Waals surface area contributed by atoms with Crippen LogP contribution in [-0.4, -0.2) is 58.1 Å². The zero-order valence-corrected chi connectivity index (χ0v) is 15.9. The average Bonchev–Trinajstić information content (AvgIpc) is 3.24. The highest BCUT2D eigenvalue weighted by Crippen LogP contribution is 2.25. The highest BCUT2D eigenvalue weighted by Gasteiger charge is 2.26. The number of amides is 2. The molecule has 2 heterocycles. The Hall–Kier alpha value is -2.63. The number of carbonyl (C=O) groups excluding carboxylic acids is 2. The minimum absolute atomic E-state index is 0.0106. The van der Waals surface area contributed by atoms with Gasteiger partial charge < -0.3 is 9.80 Å². The quantitative estimate of drug-likeness (QED) is 0.847. The van der Waals surface area contributed by atoms with E-state index in [2.05, 4.69) is 5.10 Å². The van der Waals surface area contributed by atoms with Crippen molar-refractivity contribution in [3.05, 3.63) is 41.7 Å². The van der Waals surface area contributed by atoms with Gasteiger partial charge in [0.05, 0.1) is 6.20 Å². The molecular weight excluding hydrogens is 328 g/mol. The molecule has 0 saturated carbocycles. The minimum atomic E-state index is 0.0106. The maximum atomic E-state index is 12.9. The van der Waals surface area contributed by atoms with Gasteiger partial charge in [0.1, 0.15) is 0 Å². The Morgan fingerprint density at radius 2 is 2.12 bits per heavy atom. The fourth-order valence-electron chi connectivity index (χ4n) is 3.58. The van der Waals surface area contributed by atoms with Crippen LogP contribution in [0.25, 0.3) is 11.1 Å². The van der Waals surface area contributed by atoms with Crippen LogP contribution < -0.4 is 0 Å². The zero-order chi connectivity index (χ0) is 18.8. The van der Waals surface area contributed by atoms with Crippen LogP contribution >= 0.6 is 0 Å². The van der Waals surface area contributed by atoms with Crippen LogP contribution in [0, 0.1) is 12.8 Å². The molecule has 0 bridgehead atoms. The van der Waals surface area contributed by atoms with Crippen molar-refractivity contribution in [3.63, 3.8) is 0 Å². The second-order valence-electron chi connectivity index (χ2n) is 7.24. The lowest BCUT2D eigenvalue weighted by Gasteiger charge is -2.22. The molecule has 26 heavy (non-hydrogen) atoms. The standard InChI is InChI=1S/C20H26N4O2/c1-14-5-6-17(9-19(14)18-10-21-23(4)13-18)20(26)22(3)11-16-7-8-24(12-16)15(2)25/h5-6,9-10,13,16H,7-8,11-12H2,1-4H3. The lowest BCUT2D eigenvalue weighted by molar-refractivity contribution is -0.127. The predicted molar refractivity (Wildman–Crippen MR) is 101 cm³/mol. The Balaban J connectivity index is 1.72. The minimum Gasteiger partial charge on any atom is -0.343 e. The molecule has 1 unspecified atom stereocenters. The summed E-state index contributed by atoms with van der Waals surface area (Å²) in [7, 11) is 3.72. The molecule has 0 N–H and O–H groups in total. The molecule has 1 aromatic carbocycles. The first-order valence-electron chi connectivity index (χ1n) is 8.96. The summed E-state index contributed by atoms with van der Waals surface area (Å²) in [4.78, 5) is 28.0. The molecule has 1 fully saturated rings. The number of hydrogen-bond acceptors (Lipinski definition) is 3. The van der Waals surface area contributed by atoms with Crippen LogP contribution in [0.2, 0.25) is 0 Å². The number of aromatic nitrogens is 2. The maximum Gasteiger partial charge on any atom is 0.253 e. The van der Waals surface area contributed by atoms with E-state index in [-0.39, 0.29) is 11.8 Å². The van der Waals surface area contributed by atoms with Crippen molar-refractivity contribution in [2.75, 3.05) is 26.7 Å². The van der Waals surface area contributed by atoms with Gasteiger partial charge in [-0.25, -0.2) is 0 Å². The molecule has 1 aliphatic heterocycles. The first-order chi connectivity index (χ1) is 12.3. The monoisotopic (exact) mass is 354 g/mol. The molecule has 1 atom stereocenters. The van der Waals surface area contributed by atoms with E-state index < -0.39 is 0 Å². The third-order valence-electron chi connectivity index (χ3n) is 5.11. The van der Waals surface area contributed by atoms with Gasteiger partial charge in [-0.15, -0.1) is 0 Å². The van der Waals surface area contributed by atoms with Crippen LogP contribution in [0.5, 0.6) is 0 Å². The molecule has 138 valence electrons. The summed E-state index contributed by atoms with van der Waals surface area (Å²) >= 11 is 0. The van der Waals surface area contributed by atoms with Gasteiger partial charge in [0.25, 0.3) is 5.91 Å². The predicted octanol–water partition coefficient (Wildman–Crippen LogP) is 2.34. The van der Waals surface area contributed by atoms with Gasteiger partial charge in [-0.2, -0.15) is 5.10 Å². The van der Waals surface area contributed by atoms with Crippen LogP contribution in [0.1, 0.15) is 29.3 Å². The summed E-state index contributed by atoms with van der Waals surface area (Å²) in [6.07, 6.45) is 4.72. The van der Waals surface area contributed by atoms with Crippen molar-refractivity contribution in [3.8, 4) is 11.1 Å². The van der Waals surface area contributed by atoms with Crippen molar-refractivity contribution in [2.45, 2.75) is 20.3 Å². The number of carbonyl (C=O) groups is 2. The molecule has 0 radical (unpaired) electrons. The molecule has 6 heteroatoms. The summed E-state index contributed by atoms with van der Waals surface area (Å²) < 4.78 is 1.76. The Labute approximate surface area is 154 Å². The van der Waals surface area contributed by atoms with Crippen molar-refractivity contribution < 1.29 is 9.59 Å². The van der Waals surface area contributed by atoms with E-state index in [1.165, 1.54) is 0 Å². The molecule has 3 rings (SSSR count). The second kappa shape index (κ2) is 7.32. The van der Waals surface area contributed by atoms with Gasteiger partial charge in [0.2, 0.25) is 5.91 Å². The summed E-state index contributed by atoms with van der Waals surface area (Å²) in [6, 6.07) is 5.81. The van der Waals surface area contributed by atoms with Crippen molar-refractivity contribution in [1.82, 2.24) is 19.6 Å². The number of nitrogens with zero attached hydrogens (tertiary/aromatic N) is 4. The van der Waals surface area contributed by atoms with Gasteiger partial charge in [-0.05, 0) is 42.5 Å². The Morgan fingerprint density at radius 3 is 2.73 bits per heavy atom. The summed E-state index contributed by atoms with van der Waals surface area (Å²) in [5.74, 6) is 0.466. The van der Waals surface area contributed by atoms with Crippen LogP contribution in [0.15, 0.2) is 30.6 Å². The van der Waals surface area contributed by atoms with Crippen LogP contribution in [0.4, 0.5) is 0 Å². The molecule has 1 aromatic heterocycles. The van der Waals surface area contributed by atoms with Gasteiger partial charge in [0, 0.05) is 58.0 Å². The fraction of sp³-hybridized carbons (Fsp3) is 0.450. The van der Waals surface area contributed by atoms with Crippen molar-refractivity contribution in [2.24, 2.45) is 13.0 Å². The van der Waals surface area contributed by atoms with Gasteiger partial charge in [-0.1, -0.05) is 6.07 Å². The summed E-state index contributed by atoms with van der Waals surface area (Å²) in [6.45, 7) is 5.83.